The molecule has 0 N–H and O–H groups in total. The van der Waals surface area contributed by atoms with Gasteiger partial charge in [0.05, 0.1) is 23.7 Å². The summed E-state index contributed by atoms with van der Waals surface area (Å²) >= 11 is 3.06. The maximum atomic E-state index is 12.3. The molecule has 0 aliphatic carbocycles. The van der Waals surface area contributed by atoms with Crippen molar-refractivity contribution >= 4 is 15.9 Å². The van der Waals surface area contributed by atoms with Crippen LogP contribution in [0.2, 0.25) is 0 Å². The Morgan fingerprint density at radius 3 is 2.74 bits per heavy atom. The first-order valence-corrected chi connectivity index (χ1v) is 5.84. The van der Waals surface area contributed by atoms with Gasteiger partial charge < -0.3 is 4.57 Å². The van der Waals surface area contributed by atoms with E-state index in [0.717, 1.165) is 10.9 Å². The molecule has 0 amide bonds. The maximum Gasteiger partial charge on any atom is 0.406 e. The Labute approximate surface area is 114 Å². The number of alkyl halides is 3. The molecule has 4 nitrogen and oxygen atoms in total. The van der Waals surface area contributed by atoms with E-state index in [0.29, 0.717) is 11.3 Å². The van der Waals surface area contributed by atoms with E-state index in [-0.39, 0.29) is 10.3 Å². The van der Waals surface area contributed by atoms with Gasteiger partial charge in [-0.1, -0.05) is 0 Å². The van der Waals surface area contributed by atoms with E-state index in [2.05, 4.69) is 25.9 Å². The Bertz CT molecular complexity index is 642. The Hall–Kier alpha value is -1.88. The van der Waals surface area contributed by atoms with Gasteiger partial charge in [0.15, 0.2) is 0 Å². The number of rotatable bonds is 2. The fraction of sp³-hybridized carbons (Fsp3) is 0.182. The maximum absolute atomic E-state index is 12.3. The average molecular weight is 331 g/mol. The molecule has 0 saturated heterocycles. The molecule has 2 aromatic rings. The van der Waals surface area contributed by atoms with E-state index < -0.39 is 12.7 Å². The highest BCUT2D eigenvalue weighted by Crippen LogP contribution is 2.28. The van der Waals surface area contributed by atoms with Crippen LogP contribution in [0.5, 0.6) is 0 Å². The lowest BCUT2D eigenvalue weighted by atomic mass is 10.2. The van der Waals surface area contributed by atoms with Crippen LogP contribution in [-0.4, -0.2) is 20.7 Å². The number of hydrogen-bond donors (Lipinski definition) is 0. The van der Waals surface area contributed by atoms with E-state index in [1.54, 1.807) is 0 Å². The van der Waals surface area contributed by atoms with Crippen molar-refractivity contribution in [1.82, 2.24) is 14.5 Å². The van der Waals surface area contributed by atoms with E-state index in [1.807, 2.05) is 6.07 Å². The van der Waals surface area contributed by atoms with Crippen molar-refractivity contribution in [3.63, 3.8) is 0 Å². The van der Waals surface area contributed by atoms with Crippen LogP contribution in [0.15, 0.2) is 29.3 Å². The zero-order chi connectivity index (χ0) is 14.0. The minimum atomic E-state index is -4.33. The third-order valence-electron chi connectivity index (χ3n) is 2.26. The van der Waals surface area contributed by atoms with Gasteiger partial charge >= 0.3 is 6.18 Å². The van der Waals surface area contributed by atoms with Crippen molar-refractivity contribution in [2.24, 2.45) is 0 Å². The Morgan fingerprint density at radius 2 is 2.11 bits per heavy atom. The minimum absolute atomic E-state index is 0.174. The number of halogens is 4. The van der Waals surface area contributed by atoms with Gasteiger partial charge in [0.25, 0.3) is 0 Å². The van der Waals surface area contributed by atoms with Crippen molar-refractivity contribution in [3.8, 4) is 17.5 Å². The highest BCUT2D eigenvalue weighted by atomic mass is 79.9. The lowest BCUT2D eigenvalue weighted by Crippen LogP contribution is -2.17. The molecule has 0 saturated carbocycles. The molecule has 2 heterocycles. The first kappa shape index (κ1) is 13.5. The summed E-state index contributed by atoms with van der Waals surface area (Å²) in [5.74, 6) is 0. The van der Waals surface area contributed by atoms with Crippen LogP contribution in [0.4, 0.5) is 13.2 Å². The van der Waals surface area contributed by atoms with E-state index in [9.17, 15) is 13.2 Å². The summed E-state index contributed by atoms with van der Waals surface area (Å²) in [4.78, 5) is 7.88. The van der Waals surface area contributed by atoms with Crippen molar-refractivity contribution in [1.29, 1.82) is 5.26 Å². The second kappa shape index (κ2) is 5.01. The van der Waals surface area contributed by atoms with Gasteiger partial charge in [-0.05, 0) is 28.1 Å². The third kappa shape index (κ3) is 3.12. The fourth-order valence-corrected chi connectivity index (χ4v) is 1.99. The summed E-state index contributed by atoms with van der Waals surface area (Å²) in [5.41, 5.74) is 0.968. The molecule has 0 bridgehead atoms. The van der Waals surface area contributed by atoms with Gasteiger partial charge in [-0.3, -0.25) is 4.98 Å². The van der Waals surface area contributed by atoms with Crippen LogP contribution >= 0.6 is 15.9 Å². The van der Waals surface area contributed by atoms with Gasteiger partial charge in [0.1, 0.15) is 16.8 Å². The van der Waals surface area contributed by atoms with Gasteiger partial charge in [-0.25, -0.2) is 4.98 Å². The molecule has 2 rings (SSSR count). The summed E-state index contributed by atoms with van der Waals surface area (Å²) in [6, 6.07) is 4.90. The molecule has 19 heavy (non-hydrogen) atoms. The van der Waals surface area contributed by atoms with Crippen LogP contribution in [0.25, 0.3) is 11.4 Å². The summed E-state index contributed by atoms with van der Waals surface area (Å²) in [6.07, 6.45) is -1.85. The Morgan fingerprint density at radius 1 is 1.37 bits per heavy atom. The quantitative estimate of drug-likeness (QED) is 0.849. The summed E-state index contributed by atoms with van der Waals surface area (Å²) in [6.45, 7) is -1.14. The molecule has 0 aromatic carbocycles. The van der Waals surface area contributed by atoms with Crippen molar-refractivity contribution in [2.45, 2.75) is 12.7 Å². The molecule has 0 aliphatic heterocycles. The van der Waals surface area contributed by atoms with Gasteiger partial charge in [-0.2, -0.15) is 18.4 Å². The summed E-state index contributed by atoms with van der Waals surface area (Å²) in [7, 11) is 0. The molecule has 98 valence electrons. The van der Waals surface area contributed by atoms with Crippen molar-refractivity contribution in [2.75, 3.05) is 0 Å². The topological polar surface area (TPSA) is 54.5 Å². The first-order chi connectivity index (χ1) is 8.90. The minimum Gasteiger partial charge on any atom is -0.316 e. The highest BCUT2D eigenvalue weighted by molar-refractivity contribution is 9.10. The highest BCUT2D eigenvalue weighted by Gasteiger charge is 2.29. The smallest absolute Gasteiger partial charge is 0.316 e. The number of aromatic nitrogens is 3. The average Bonchev–Trinajstić information content (AvgIpc) is 2.69. The van der Waals surface area contributed by atoms with Gasteiger partial charge in [0, 0.05) is 6.20 Å². The molecular formula is C11H6BrF3N4. The van der Waals surface area contributed by atoms with E-state index in [1.165, 1.54) is 18.3 Å². The van der Waals surface area contributed by atoms with Gasteiger partial charge in [-0.15, -0.1) is 0 Å². The van der Waals surface area contributed by atoms with Crippen LogP contribution in [-0.2, 0) is 6.54 Å². The Kier molecular flexibility index (Phi) is 3.57. The largest absolute Gasteiger partial charge is 0.406 e. The zero-order valence-electron chi connectivity index (χ0n) is 9.32. The number of hydrogen-bond acceptors (Lipinski definition) is 3. The SMILES string of the molecule is N#Cc1ccnc(-c2ncn(CC(F)(F)F)c2Br)c1. The Balaban J connectivity index is 2.39. The van der Waals surface area contributed by atoms with E-state index in [4.69, 9.17) is 5.26 Å². The van der Waals surface area contributed by atoms with Crippen LogP contribution < -0.4 is 0 Å². The van der Waals surface area contributed by atoms with Crippen LogP contribution in [0.3, 0.4) is 0 Å². The molecule has 0 fully saturated rings. The van der Waals surface area contributed by atoms with Gasteiger partial charge in [0.2, 0.25) is 0 Å². The number of nitriles is 1. The molecular weight excluding hydrogens is 325 g/mol. The molecule has 0 unspecified atom stereocenters. The monoisotopic (exact) mass is 330 g/mol. The van der Waals surface area contributed by atoms with Crippen LogP contribution in [0.1, 0.15) is 5.56 Å². The van der Waals surface area contributed by atoms with E-state index >= 15 is 0 Å². The second-order valence-corrected chi connectivity index (χ2v) is 4.42. The number of pyridine rings is 1. The number of nitrogens with zero attached hydrogens (tertiary/aromatic N) is 4. The number of imidazole rings is 1. The molecule has 0 spiro atoms. The molecule has 8 heteroatoms. The molecule has 0 atom stereocenters. The lowest BCUT2D eigenvalue weighted by Gasteiger charge is -2.08. The van der Waals surface area contributed by atoms with Crippen LogP contribution in [0, 0.1) is 11.3 Å². The van der Waals surface area contributed by atoms with Crippen molar-refractivity contribution < 1.29 is 13.2 Å². The molecule has 0 radical (unpaired) electrons. The second-order valence-electron chi connectivity index (χ2n) is 3.67. The third-order valence-corrected chi connectivity index (χ3v) is 3.09. The van der Waals surface area contributed by atoms with Crippen molar-refractivity contribution in [3.05, 3.63) is 34.8 Å². The normalized spacial score (nSPS) is 11.3. The molecule has 2 aromatic heterocycles. The fourth-order valence-electron chi connectivity index (χ4n) is 1.47. The zero-order valence-corrected chi connectivity index (χ0v) is 10.9. The summed E-state index contributed by atoms with van der Waals surface area (Å²) in [5, 5.41) is 8.77. The predicted octanol–water partition coefficient (Wildman–Crippen LogP) is 3.14. The molecule has 0 aliphatic rings. The summed E-state index contributed by atoms with van der Waals surface area (Å²) < 4.78 is 38.1. The first-order valence-electron chi connectivity index (χ1n) is 5.04. The lowest BCUT2D eigenvalue weighted by molar-refractivity contribution is -0.140. The predicted molar refractivity (Wildman–Crippen MR) is 63.9 cm³/mol. The standard InChI is InChI=1S/C11H6BrF3N4/c12-10-9(8-3-7(4-16)1-2-17-8)18-6-19(10)5-11(13,14)15/h1-3,6H,5H2.